The van der Waals surface area contributed by atoms with Gasteiger partial charge in [0.25, 0.3) is 0 Å². The van der Waals surface area contributed by atoms with Gasteiger partial charge in [-0.1, -0.05) is 24.4 Å². The van der Waals surface area contributed by atoms with Gasteiger partial charge >= 0.3 is 12.0 Å². The van der Waals surface area contributed by atoms with Crippen LogP contribution in [0.25, 0.3) is 0 Å². The Morgan fingerprint density at radius 2 is 2.20 bits per heavy atom. The van der Waals surface area contributed by atoms with Gasteiger partial charge in [0.1, 0.15) is 0 Å². The molecule has 1 aromatic carbocycles. The van der Waals surface area contributed by atoms with Crippen LogP contribution in [-0.4, -0.2) is 35.1 Å². The Balaban J connectivity index is 2.95. The maximum atomic E-state index is 12.0. The number of nitrogens with one attached hydrogen (secondary N) is 1. The molecule has 5 nitrogen and oxygen atoms in total. The summed E-state index contributed by atoms with van der Waals surface area (Å²) in [7, 11) is 0. The molecular weight excluding hydrogens is 280 g/mol. The minimum absolute atomic E-state index is 0.0667. The molecule has 0 bridgehead atoms. The van der Waals surface area contributed by atoms with Crippen LogP contribution in [0.15, 0.2) is 18.2 Å². The molecule has 0 radical (unpaired) electrons. The van der Waals surface area contributed by atoms with Crippen molar-refractivity contribution in [1.82, 2.24) is 4.90 Å². The number of aromatic carboxylic acids is 1. The highest BCUT2D eigenvalue weighted by atomic mass is 35.5. The van der Waals surface area contributed by atoms with E-state index in [1.165, 1.54) is 23.1 Å². The topological polar surface area (TPSA) is 69.6 Å². The first-order chi connectivity index (χ1) is 9.49. The van der Waals surface area contributed by atoms with E-state index in [2.05, 4.69) is 11.2 Å². The van der Waals surface area contributed by atoms with Crippen molar-refractivity contribution in [3.05, 3.63) is 28.8 Å². The predicted octanol–water partition coefficient (Wildman–Crippen LogP) is 2.92. The molecule has 0 atom stereocenters. The van der Waals surface area contributed by atoms with Crippen molar-refractivity contribution < 1.29 is 14.7 Å². The number of carbonyl (C=O) groups excluding carboxylic acids is 1. The van der Waals surface area contributed by atoms with Crippen molar-refractivity contribution >= 4 is 29.3 Å². The summed E-state index contributed by atoms with van der Waals surface area (Å²) < 4.78 is 0. The normalized spacial score (nSPS) is 9.65. The number of urea groups is 1. The van der Waals surface area contributed by atoms with Crippen molar-refractivity contribution in [1.29, 1.82) is 0 Å². The molecule has 0 fully saturated rings. The maximum absolute atomic E-state index is 12.0. The molecule has 20 heavy (non-hydrogen) atoms. The van der Waals surface area contributed by atoms with Crippen molar-refractivity contribution in [2.24, 2.45) is 0 Å². The van der Waals surface area contributed by atoms with Gasteiger partial charge in [0.15, 0.2) is 0 Å². The van der Waals surface area contributed by atoms with Gasteiger partial charge < -0.3 is 15.3 Å². The van der Waals surface area contributed by atoms with E-state index in [1.807, 2.05) is 6.92 Å². The summed E-state index contributed by atoms with van der Waals surface area (Å²) in [5.74, 6) is 1.23. The molecule has 0 heterocycles. The second-order valence-corrected chi connectivity index (χ2v) is 4.49. The first kappa shape index (κ1) is 15.9. The van der Waals surface area contributed by atoms with Crippen molar-refractivity contribution in [2.45, 2.75) is 13.3 Å². The Kier molecular flexibility index (Phi) is 5.88. The van der Waals surface area contributed by atoms with E-state index in [0.717, 1.165) is 6.42 Å². The zero-order chi connectivity index (χ0) is 15.1. The number of carboxylic acids is 1. The molecule has 0 aliphatic carbocycles. The van der Waals surface area contributed by atoms with Crippen LogP contribution in [0.3, 0.4) is 0 Å². The minimum Gasteiger partial charge on any atom is -0.478 e. The third kappa shape index (κ3) is 4.18. The maximum Gasteiger partial charge on any atom is 0.337 e. The number of anilines is 1. The molecule has 2 amide bonds. The second kappa shape index (κ2) is 7.41. The largest absolute Gasteiger partial charge is 0.478 e. The number of carboxylic acid groups (broad SMARTS) is 1. The zero-order valence-corrected chi connectivity index (χ0v) is 11.8. The lowest BCUT2D eigenvalue weighted by Gasteiger charge is -2.20. The Labute approximate surface area is 122 Å². The highest BCUT2D eigenvalue weighted by Gasteiger charge is 2.16. The number of hydrogen-bond donors (Lipinski definition) is 2. The van der Waals surface area contributed by atoms with Gasteiger partial charge in [-0.2, -0.15) is 0 Å². The molecule has 0 unspecified atom stereocenters. The first-order valence-electron chi connectivity index (χ1n) is 6.01. The van der Waals surface area contributed by atoms with Crippen molar-refractivity contribution in [3.8, 4) is 12.3 Å². The minimum atomic E-state index is -1.17. The monoisotopic (exact) mass is 294 g/mol. The summed E-state index contributed by atoms with van der Waals surface area (Å²) in [5, 5.41) is 11.9. The summed E-state index contributed by atoms with van der Waals surface area (Å²) in [5.41, 5.74) is 0.119. The van der Waals surface area contributed by atoms with Gasteiger partial charge in [-0.05, 0) is 24.6 Å². The lowest BCUT2D eigenvalue weighted by atomic mass is 10.2. The van der Waals surface area contributed by atoms with Crippen molar-refractivity contribution in [2.75, 3.05) is 18.4 Å². The lowest BCUT2D eigenvalue weighted by Crippen LogP contribution is -2.36. The molecule has 2 N–H and O–H groups in total. The number of benzene rings is 1. The number of rotatable bonds is 5. The Hall–Kier alpha value is -2.19. The average Bonchev–Trinajstić information content (AvgIpc) is 2.40. The third-order valence-electron chi connectivity index (χ3n) is 2.52. The van der Waals surface area contributed by atoms with Crippen LogP contribution in [-0.2, 0) is 0 Å². The van der Waals surface area contributed by atoms with Crippen LogP contribution in [0.4, 0.5) is 10.5 Å². The van der Waals surface area contributed by atoms with Gasteiger partial charge in [0.05, 0.1) is 17.8 Å². The van der Waals surface area contributed by atoms with Crippen LogP contribution in [0.2, 0.25) is 5.02 Å². The fraction of sp³-hybridized carbons (Fsp3) is 0.286. The summed E-state index contributed by atoms with van der Waals surface area (Å²) in [4.78, 5) is 24.6. The van der Waals surface area contributed by atoms with Gasteiger partial charge in [-0.3, -0.25) is 0 Å². The van der Waals surface area contributed by atoms with E-state index in [1.54, 1.807) is 0 Å². The van der Waals surface area contributed by atoms with Crippen LogP contribution >= 0.6 is 11.6 Å². The molecule has 1 rings (SSSR count). The van der Waals surface area contributed by atoms with Crippen LogP contribution in [0, 0.1) is 12.3 Å². The van der Waals surface area contributed by atoms with Gasteiger partial charge in [0.2, 0.25) is 0 Å². The molecule has 0 saturated carbocycles. The molecule has 0 aromatic heterocycles. The van der Waals surface area contributed by atoms with Gasteiger partial charge in [-0.15, -0.1) is 6.42 Å². The number of amides is 2. The second-order valence-electron chi connectivity index (χ2n) is 4.05. The van der Waals surface area contributed by atoms with E-state index < -0.39 is 12.0 Å². The van der Waals surface area contributed by atoms with E-state index in [9.17, 15) is 9.59 Å². The fourth-order valence-electron chi connectivity index (χ4n) is 1.63. The molecule has 6 heteroatoms. The zero-order valence-electron chi connectivity index (χ0n) is 11.0. The molecule has 0 aliphatic heterocycles. The van der Waals surface area contributed by atoms with Crippen LogP contribution < -0.4 is 5.32 Å². The van der Waals surface area contributed by atoms with Crippen LogP contribution in [0.1, 0.15) is 23.7 Å². The Bertz CT molecular complexity index is 552. The number of nitrogens with zero attached hydrogens (tertiary/aromatic N) is 1. The number of carbonyl (C=O) groups is 2. The van der Waals surface area contributed by atoms with Crippen molar-refractivity contribution in [3.63, 3.8) is 0 Å². The molecule has 0 saturated heterocycles. The SMILES string of the molecule is C#CCN(CCC)C(=O)Nc1ccc(Cl)cc1C(=O)O. The summed E-state index contributed by atoms with van der Waals surface area (Å²) >= 11 is 5.75. The smallest absolute Gasteiger partial charge is 0.337 e. The lowest BCUT2D eigenvalue weighted by molar-refractivity contribution is 0.0698. The Morgan fingerprint density at radius 3 is 2.75 bits per heavy atom. The Morgan fingerprint density at radius 1 is 1.50 bits per heavy atom. The highest BCUT2D eigenvalue weighted by Crippen LogP contribution is 2.21. The third-order valence-corrected chi connectivity index (χ3v) is 2.75. The van der Waals surface area contributed by atoms with E-state index in [0.29, 0.717) is 6.54 Å². The van der Waals surface area contributed by atoms with E-state index in [-0.39, 0.29) is 22.8 Å². The summed E-state index contributed by atoms with van der Waals surface area (Å²) in [6, 6.07) is 3.80. The quantitative estimate of drug-likeness (QED) is 0.820. The van der Waals surface area contributed by atoms with Gasteiger partial charge in [0, 0.05) is 11.6 Å². The van der Waals surface area contributed by atoms with Gasteiger partial charge in [-0.25, -0.2) is 9.59 Å². The molecule has 0 spiro atoms. The molecule has 0 aliphatic rings. The fourth-order valence-corrected chi connectivity index (χ4v) is 1.80. The molecule has 106 valence electrons. The summed E-state index contributed by atoms with van der Waals surface area (Å²) in [6.45, 7) is 2.57. The van der Waals surface area contributed by atoms with E-state index in [4.69, 9.17) is 23.1 Å². The van der Waals surface area contributed by atoms with E-state index >= 15 is 0 Å². The number of halogens is 1. The molecule has 1 aromatic rings. The first-order valence-corrected chi connectivity index (χ1v) is 6.39. The van der Waals surface area contributed by atoms with Crippen LogP contribution in [0.5, 0.6) is 0 Å². The summed E-state index contributed by atoms with van der Waals surface area (Å²) in [6.07, 6.45) is 5.96. The average molecular weight is 295 g/mol. The highest BCUT2D eigenvalue weighted by molar-refractivity contribution is 6.31. The standard InChI is InChI=1S/C14H15ClN2O3/c1-3-7-17(8-4-2)14(20)16-12-6-5-10(15)9-11(12)13(18)19/h1,5-6,9H,4,7-8H2,2H3,(H,16,20)(H,18,19). The number of terminal acetylenes is 1. The molecular formula is C14H15ClN2O3. The predicted molar refractivity (Wildman–Crippen MR) is 78.1 cm³/mol. The number of hydrogen-bond acceptors (Lipinski definition) is 2.